The van der Waals surface area contributed by atoms with E-state index in [1.165, 1.54) is 19.4 Å². The Balaban J connectivity index is 1.18. The van der Waals surface area contributed by atoms with Crippen molar-refractivity contribution < 1.29 is 9.53 Å². The van der Waals surface area contributed by atoms with Crippen LogP contribution in [0.5, 0.6) is 11.6 Å². The Hall–Kier alpha value is -2.98. The highest BCUT2D eigenvalue weighted by atomic mass is 35.5. The van der Waals surface area contributed by atoms with Gasteiger partial charge in [-0.15, -0.1) is 0 Å². The molecule has 1 atom stereocenters. The minimum Gasteiger partial charge on any atom is -0.436 e. The van der Waals surface area contributed by atoms with Gasteiger partial charge in [-0.1, -0.05) is 23.2 Å². The topological polar surface area (TPSA) is 86.7 Å². The molecule has 222 valence electrons. The molecule has 1 unspecified atom stereocenters. The van der Waals surface area contributed by atoms with Crippen molar-refractivity contribution in [3.63, 3.8) is 0 Å². The summed E-state index contributed by atoms with van der Waals surface area (Å²) in [5.41, 5.74) is 2.62. The van der Waals surface area contributed by atoms with Crippen molar-refractivity contribution >= 4 is 35.1 Å². The number of carbonyl (C=O) groups is 1. The number of halogens is 2. The van der Waals surface area contributed by atoms with Crippen LogP contribution < -0.4 is 15.0 Å². The summed E-state index contributed by atoms with van der Waals surface area (Å²) in [5, 5.41) is 3.84. The molecule has 6 rings (SSSR count). The molecule has 3 saturated heterocycles. The van der Waals surface area contributed by atoms with Gasteiger partial charge in [0.1, 0.15) is 0 Å². The number of nitrogens with one attached hydrogen (secondary N) is 1. The molecule has 5 heterocycles. The van der Waals surface area contributed by atoms with Gasteiger partial charge in [-0.3, -0.25) is 14.6 Å². The zero-order chi connectivity index (χ0) is 29.1. The molecule has 3 aromatic rings. The summed E-state index contributed by atoms with van der Waals surface area (Å²) < 4.78 is 6.22. The van der Waals surface area contributed by atoms with Crippen LogP contribution in [0.15, 0.2) is 42.7 Å². The van der Waals surface area contributed by atoms with Crippen LogP contribution in [0.4, 0.5) is 5.95 Å². The predicted molar refractivity (Wildman–Crippen MR) is 165 cm³/mol. The molecule has 1 amide bonds. The first-order valence-electron chi connectivity index (χ1n) is 14.8. The van der Waals surface area contributed by atoms with Crippen LogP contribution in [0.2, 0.25) is 10.0 Å². The lowest BCUT2D eigenvalue weighted by Gasteiger charge is -2.37. The van der Waals surface area contributed by atoms with Gasteiger partial charge >= 0.3 is 0 Å². The number of pyridine rings is 1. The number of benzene rings is 1. The van der Waals surface area contributed by atoms with E-state index in [0.717, 1.165) is 74.9 Å². The number of nitrogens with zero attached hydrogens (tertiary/aromatic N) is 6. The van der Waals surface area contributed by atoms with Gasteiger partial charge in [0.05, 0.1) is 18.1 Å². The minimum atomic E-state index is 0.114. The van der Waals surface area contributed by atoms with Crippen LogP contribution in [-0.4, -0.2) is 83.0 Å². The predicted octanol–water partition coefficient (Wildman–Crippen LogP) is 5.27. The Morgan fingerprint density at radius 3 is 2.48 bits per heavy atom. The van der Waals surface area contributed by atoms with Crippen molar-refractivity contribution in [1.82, 2.24) is 30.1 Å². The van der Waals surface area contributed by atoms with Gasteiger partial charge in [-0.05, 0) is 81.1 Å². The Bertz CT molecular complexity index is 1380. The number of amides is 1. The molecule has 3 aliphatic heterocycles. The molecule has 0 bridgehead atoms. The van der Waals surface area contributed by atoms with E-state index in [2.05, 4.69) is 36.1 Å². The van der Waals surface area contributed by atoms with E-state index < -0.39 is 0 Å². The van der Waals surface area contributed by atoms with E-state index >= 15 is 0 Å². The molecule has 3 aliphatic rings. The first kappa shape index (κ1) is 29.1. The Labute approximate surface area is 257 Å². The number of hydrogen-bond acceptors (Lipinski definition) is 8. The number of piperazine rings is 1. The quantitative estimate of drug-likeness (QED) is 0.369. The van der Waals surface area contributed by atoms with Gasteiger partial charge in [0, 0.05) is 67.4 Å². The fourth-order valence-corrected chi connectivity index (χ4v) is 6.87. The highest BCUT2D eigenvalue weighted by Crippen LogP contribution is 2.31. The number of anilines is 1. The third kappa shape index (κ3) is 7.14. The molecular formula is C31H37Cl2N7O2. The fourth-order valence-electron chi connectivity index (χ4n) is 6.34. The standard InChI is InChI=1S/C31H37Cl2N7O2/c1-34-29(41)12-21-4-7-38(8-5-21)19-22-11-28(23-14-24(32)16-25(33)15-23)37-30(13-22)42-27-17-35-31(36-18-27)40-10-9-39-6-2-3-26(39)20-40/h11,13-18,21,26H,2-10,12,19-20H2,1H3,(H,34,41). The Morgan fingerprint density at radius 2 is 1.74 bits per heavy atom. The van der Waals surface area contributed by atoms with Gasteiger partial charge in [0.25, 0.3) is 0 Å². The average Bonchev–Trinajstić information content (AvgIpc) is 3.46. The summed E-state index contributed by atoms with van der Waals surface area (Å²) in [7, 11) is 1.70. The van der Waals surface area contributed by atoms with Crippen LogP contribution in [0.25, 0.3) is 11.3 Å². The first-order valence-corrected chi connectivity index (χ1v) is 15.6. The first-order chi connectivity index (χ1) is 20.4. The largest absolute Gasteiger partial charge is 0.436 e. The number of ether oxygens (including phenoxy) is 1. The summed E-state index contributed by atoms with van der Waals surface area (Å²) in [6.45, 7) is 6.79. The summed E-state index contributed by atoms with van der Waals surface area (Å²) in [6, 6.07) is 10.1. The van der Waals surface area contributed by atoms with E-state index in [1.54, 1.807) is 25.5 Å². The number of hydrogen-bond donors (Lipinski definition) is 1. The maximum Gasteiger partial charge on any atom is 0.225 e. The number of fused-ring (bicyclic) bond motifs is 1. The third-order valence-corrected chi connectivity index (χ3v) is 9.03. The molecule has 2 aromatic heterocycles. The number of likely N-dealkylation sites (tertiary alicyclic amines) is 1. The van der Waals surface area contributed by atoms with Gasteiger partial charge in [0.15, 0.2) is 5.75 Å². The molecule has 0 aliphatic carbocycles. The van der Waals surface area contributed by atoms with Crippen LogP contribution in [0.3, 0.4) is 0 Å². The fraction of sp³-hybridized carbons (Fsp3) is 0.484. The maximum atomic E-state index is 11.8. The SMILES string of the molecule is CNC(=O)CC1CCN(Cc2cc(Oc3cnc(N4CCN5CCCC5C4)nc3)nc(-c3cc(Cl)cc(Cl)c3)c2)CC1. The Morgan fingerprint density at radius 1 is 0.976 bits per heavy atom. The molecule has 42 heavy (non-hydrogen) atoms. The lowest BCUT2D eigenvalue weighted by Crippen LogP contribution is -2.50. The molecular weight excluding hydrogens is 573 g/mol. The Kier molecular flexibility index (Phi) is 9.09. The van der Waals surface area contributed by atoms with Crippen molar-refractivity contribution in [3.8, 4) is 22.9 Å². The van der Waals surface area contributed by atoms with Crippen molar-refractivity contribution in [3.05, 3.63) is 58.3 Å². The van der Waals surface area contributed by atoms with Crippen molar-refractivity contribution in [2.24, 2.45) is 5.92 Å². The highest BCUT2D eigenvalue weighted by molar-refractivity contribution is 6.35. The number of aromatic nitrogens is 3. The van der Waals surface area contributed by atoms with E-state index in [0.29, 0.717) is 40.1 Å². The monoisotopic (exact) mass is 609 g/mol. The molecule has 9 nitrogen and oxygen atoms in total. The number of carbonyl (C=O) groups excluding carboxylic acids is 1. The van der Waals surface area contributed by atoms with E-state index in [9.17, 15) is 4.79 Å². The van der Waals surface area contributed by atoms with Crippen molar-refractivity contribution in [2.75, 3.05) is 51.2 Å². The second kappa shape index (κ2) is 13.1. The summed E-state index contributed by atoms with van der Waals surface area (Å²) in [6.07, 6.45) is 8.56. The second-order valence-electron chi connectivity index (χ2n) is 11.6. The molecule has 11 heteroatoms. The number of piperidine rings is 1. The number of rotatable bonds is 8. The van der Waals surface area contributed by atoms with Gasteiger partial charge < -0.3 is 15.0 Å². The van der Waals surface area contributed by atoms with Crippen LogP contribution in [0, 0.1) is 5.92 Å². The van der Waals surface area contributed by atoms with Crippen LogP contribution >= 0.6 is 23.2 Å². The van der Waals surface area contributed by atoms with Gasteiger partial charge in [-0.2, -0.15) is 0 Å². The lowest BCUT2D eigenvalue weighted by molar-refractivity contribution is -0.121. The van der Waals surface area contributed by atoms with E-state index in [1.807, 2.05) is 18.2 Å². The molecule has 1 N–H and O–H groups in total. The lowest BCUT2D eigenvalue weighted by atomic mass is 9.93. The van der Waals surface area contributed by atoms with Gasteiger partial charge in [-0.25, -0.2) is 15.0 Å². The minimum absolute atomic E-state index is 0.114. The molecule has 1 aromatic carbocycles. The summed E-state index contributed by atoms with van der Waals surface area (Å²) in [5.74, 6) is 2.27. The van der Waals surface area contributed by atoms with Crippen molar-refractivity contribution in [2.45, 2.75) is 44.7 Å². The molecule has 0 saturated carbocycles. The maximum absolute atomic E-state index is 11.8. The summed E-state index contributed by atoms with van der Waals surface area (Å²) >= 11 is 12.7. The smallest absolute Gasteiger partial charge is 0.225 e. The van der Waals surface area contributed by atoms with E-state index in [4.69, 9.17) is 32.9 Å². The van der Waals surface area contributed by atoms with Crippen LogP contribution in [0.1, 0.15) is 37.7 Å². The second-order valence-corrected chi connectivity index (χ2v) is 12.4. The van der Waals surface area contributed by atoms with E-state index in [-0.39, 0.29) is 5.91 Å². The average molecular weight is 611 g/mol. The summed E-state index contributed by atoms with van der Waals surface area (Å²) in [4.78, 5) is 33.2. The zero-order valence-electron chi connectivity index (χ0n) is 23.9. The molecule has 3 fully saturated rings. The van der Waals surface area contributed by atoms with Crippen LogP contribution in [-0.2, 0) is 11.3 Å². The van der Waals surface area contributed by atoms with Gasteiger partial charge in [0.2, 0.25) is 17.7 Å². The van der Waals surface area contributed by atoms with Crippen molar-refractivity contribution in [1.29, 1.82) is 0 Å². The molecule has 0 radical (unpaired) electrons. The zero-order valence-corrected chi connectivity index (χ0v) is 25.4. The third-order valence-electron chi connectivity index (χ3n) is 8.59. The normalized spacial score (nSPS) is 20.0. The molecule has 0 spiro atoms. The highest BCUT2D eigenvalue weighted by Gasteiger charge is 2.31.